The third kappa shape index (κ3) is 9.49. The second-order valence-electron chi connectivity index (χ2n) is 22.5. The van der Waals surface area contributed by atoms with Gasteiger partial charge in [-0.2, -0.15) is 0 Å². The molecule has 0 saturated heterocycles. The number of aromatic nitrogens is 3. The summed E-state index contributed by atoms with van der Waals surface area (Å²) < 4.78 is 2.28. The monoisotopic (exact) mass is 973 g/mol. The van der Waals surface area contributed by atoms with Gasteiger partial charge >= 0.3 is 0 Å². The van der Waals surface area contributed by atoms with Gasteiger partial charge in [-0.15, -0.1) is 0 Å². The lowest BCUT2D eigenvalue weighted by atomic mass is 9.77. The van der Waals surface area contributed by atoms with Crippen molar-refractivity contribution in [2.24, 2.45) is 0 Å². The van der Waals surface area contributed by atoms with Crippen molar-refractivity contribution in [3.8, 4) is 89.7 Å². The molecule has 4 heteroatoms. The van der Waals surface area contributed by atoms with Gasteiger partial charge in [-0.05, 0) is 133 Å². The van der Waals surface area contributed by atoms with Gasteiger partial charge in [0.1, 0.15) is 11.6 Å². The zero-order valence-electron chi connectivity index (χ0n) is 44.2. The maximum absolute atomic E-state index is 12.8. The lowest BCUT2D eigenvalue weighted by molar-refractivity contribution is 0.477. The first-order chi connectivity index (χ1) is 36.1. The van der Waals surface area contributed by atoms with Crippen molar-refractivity contribution in [1.82, 2.24) is 14.5 Å². The molecule has 1 N–H and O–H groups in total. The Morgan fingerprint density at radius 1 is 0.360 bits per heavy atom. The summed E-state index contributed by atoms with van der Waals surface area (Å²) in [5.41, 5.74) is 19.9. The molecule has 11 rings (SSSR count). The normalized spacial score (nSPS) is 12.1. The predicted molar refractivity (Wildman–Crippen MR) is 315 cm³/mol. The molecule has 75 heavy (non-hydrogen) atoms. The molecule has 11 aromatic rings. The number of pyridine rings is 1. The van der Waals surface area contributed by atoms with Crippen molar-refractivity contribution in [2.45, 2.75) is 71.6 Å². The molecular formula is C71H63N3O. The number of fused-ring (bicyclic) bond motifs is 1. The summed E-state index contributed by atoms with van der Waals surface area (Å²) in [4.78, 5) is 10.8. The molecule has 0 aliphatic heterocycles. The molecule has 0 atom stereocenters. The van der Waals surface area contributed by atoms with Gasteiger partial charge in [0, 0.05) is 33.9 Å². The van der Waals surface area contributed by atoms with E-state index in [-0.39, 0.29) is 22.0 Å². The molecule has 0 bridgehead atoms. The highest BCUT2D eigenvalue weighted by Gasteiger charge is 2.28. The van der Waals surface area contributed by atoms with Gasteiger partial charge in [-0.1, -0.05) is 219 Å². The number of hydrogen-bond acceptors (Lipinski definition) is 3. The van der Waals surface area contributed by atoms with E-state index in [1.54, 1.807) is 0 Å². The average molecular weight is 974 g/mol. The minimum Gasteiger partial charge on any atom is -0.507 e. The van der Waals surface area contributed by atoms with E-state index in [2.05, 4.69) is 266 Å². The fourth-order valence-corrected chi connectivity index (χ4v) is 10.5. The molecule has 368 valence electrons. The average Bonchev–Trinajstić information content (AvgIpc) is 3.84. The van der Waals surface area contributed by atoms with E-state index in [4.69, 9.17) is 9.97 Å². The summed E-state index contributed by atoms with van der Waals surface area (Å²) in [5.74, 6) is 0.846. The summed E-state index contributed by atoms with van der Waals surface area (Å²) in [6, 6.07) is 79.8. The Morgan fingerprint density at radius 2 is 0.893 bits per heavy atom. The minimum atomic E-state index is -0.237. The summed E-state index contributed by atoms with van der Waals surface area (Å²) in [6.07, 6.45) is 1.93. The maximum atomic E-state index is 12.8. The lowest BCUT2D eigenvalue weighted by Gasteiger charge is -2.26. The van der Waals surface area contributed by atoms with Gasteiger partial charge in [-0.3, -0.25) is 9.55 Å². The second-order valence-corrected chi connectivity index (χ2v) is 22.5. The Labute approximate surface area is 442 Å². The molecule has 0 fully saturated rings. The van der Waals surface area contributed by atoms with Crippen molar-refractivity contribution in [3.63, 3.8) is 0 Å². The number of benzene rings is 9. The quantitative estimate of drug-likeness (QED) is 0.149. The van der Waals surface area contributed by atoms with Gasteiger partial charge in [0.2, 0.25) is 0 Å². The van der Waals surface area contributed by atoms with E-state index >= 15 is 0 Å². The number of hydrogen-bond donors (Lipinski definition) is 1. The fraction of sp³-hybridized carbons (Fsp3) is 0.155. The first-order valence-corrected chi connectivity index (χ1v) is 26.1. The van der Waals surface area contributed by atoms with Gasteiger partial charge in [0.05, 0.1) is 28.0 Å². The van der Waals surface area contributed by atoms with E-state index in [9.17, 15) is 5.11 Å². The number of aromatic hydroxyl groups is 1. The number of nitrogens with zero attached hydrogens (tertiary/aromatic N) is 3. The molecule has 0 spiro atoms. The Hall–Kier alpha value is -8.60. The van der Waals surface area contributed by atoms with Crippen LogP contribution in [0, 0.1) is 0 Å². The van der Waals surface area contributed by atoms with Crippen LogP contribution in [0.3, 0.4) is 0 Å². The van der Waals surface area contributed by atoms with Gasteiger partial charge < -0.3 is 5.11 Å². The summed E-state index contributed by atoms with van der Waals surface area (Å²) in [5, 5.41) is 12.8. The standard InChI is InChI=1S/C71H63N3O/c1-69(2,3)56-35-36-64(60(44-56)48-25-15-10-16-26-48)74-65-34-22-33-59(66(65)73-68(74)62-46-58(70(4,5)6)45-61(67(62)75)49-27-17-11-18-28-49)53-39-52(47-23-13-9-14-24-47)40-54(41-53)63-43-51(37-38-72-63)50-29-21-32-57(42-50)71(7,8)55-30-19-12-20-31-55/h9-46,75H,1-8H3. The largest absolute Gasteiger partial charge is 0.507 e. The number of rotatable bonds is 10. The van der Waals surface area contributed by atoms with Gasteiger partial charge in [0.15, 0.2) is 0 Å². The molecule has 0 saturated carbocycles. The highest BCUT2D eigenvalue weighted by atomic mass is 16.3. The Bertz CT molecular complexity index is 3860. The first kappa shape index (κ1) is 48.7. The topological polar surface area (TPSA) is 50.9 Å². The highest BCUT2D eigenvalue weighted by Crippen LogP contribution is 2.46. The SMILES string of the molecule is CC(C)(C)c1ccc(-n2c(-c3cc(C(C)(C)C)cc(-c4ccccc4)c3O)nc3c(-c4cc(-c5ccccc5)cc(-c5cc(-c6cccc(C(C)(C)c7ccccc7)c6)ccn5)c4)cccc32)c(-c2ccccc2)c1. The maximum Gasteiger partial charge on any atom is 0.149 e. The summed E-state index contributed by atoms with van der Waals surface area (Å²) in [6.45, 7) is 18.0. The molecule has 9 aromatic carbocycles. The van der Waals surface area contributed by atoms with Crippen LogP contribution in [0.5, 0.6) is 5.75 Å². The Balaban J connectivity index is 1.15. The number of imidazole rings is 1. The van der Waals surface area contributed by atoms with E-state index in [1.807, 2.05) is 24.4 Å². The molecule has 0 amide bonds. The highest BCUT2D eigenvalue weighted by molar-refractivity contribution is 5.99. The smallest absolute Gasteiger partial charge is 0.149 e. The van der Waals surface area contributed by atoms with Gasteiger partial charge in [-0.25, -0.2) is 4.98 Å². The molecule has 0 aliphatic rings. The predicted octanol–water partition coefficient (Wildman–Crippen LogP) is 18.7. The zero-order valence-corrected chi connectivity index (χ0v) is 44.2. The van der Waals surface area contributed by atoms with Crippen molar-refractivity contribution < 1.29 is 5.11 Å². The van der Waals surface area contributed by atoms with Crippen LogP contribution in [0.2, 0.25) is 0 Å². The summed E-state index contributed by atoms with van der Waals surface area (Å²) in [7, 11) is 0. The number of phenols is 1. The van der Waals surface area contributed by atoms with E-state index in [0.29, 0.717) is 11.4 Å². The van der Waals surface area contributed by atoms with Gasteiger partial charge in [0.25, 0.3) is 0 Å². The Morgan fingerprint density at radius 3 is 1.56 bits per heavy atom. The van der Waals surface area contributed by atoms with Crippen LogP contribution in [0.4, 0.5) is 0 Å². The molecule has 2 heterocycles. The summed E-state index contributed by atoms with van der Waals surface area (Å²) >= 11 is 0. The first-order valence-electron chi connectivity index (χ1n) is 26.1. The van der Waals surface area contributed by atoms with Crippen molar-refractivity contribution in [3.05, 3.63) is 253 Å². The van der Waals surface area contributed by atoms with Crippen LogP contribution in [-0.2, 0) is 16.2 Å². The molecule has 2 aromatic heterocycles. The number of phenolic OH excluding ortho intramolecular Hbond substituents is 1. The zero-order chi connectivity index (χ0) is 52.1. The third-order valence-corrected chi connectivity index (χ3v) is 15.0. The molecule has 0 unspecified atom stereocenters. The van der Waals surface area contributed by atoms with Crippen molar-refractivity contribution >= 4 is 11.0 Å². The molecule has 0 aliphatic carbocycles. The van der Waals surface area contributed by atoms with E-state index in [1.165, 1.54) is 16.7 Å². The van der Waals surface area contributed by atoms with Crippen LogP contribution < -0.4 is 0 Å². The minimum absolute atomic E-state index is 0.0991. The molecule has 0 radical (unpaired) electrons. The Kier molecular flexibility index (Phi) is 12.6. The fourth-order valence-electron chi connectivity index (χ4n) is 10.5. The van der Waals surface area contributed by atoms with Crippen LogP contribution >= 0.6 is 0 Å². The molecular weight excluding hydrogens is 911 g/mol. The number of para-hydroxylation sites is 1. The van der Waals surface area contributed by atoms with Crippen molar-refractivity contribution in [1.29, 1.82) is 0 Å². The van der Waals surface area contributed by atoms with E-state index in [0.717, 1.165) is 89.2 Å². The third-order valence-electron chi connectivity index (χ3n) is 15.0. The van der Waals surface area contributed by atoms with Crippen molar-refractivity contribution in [2.75, 3.05) is 0 Å². The lowest BCUT2D eigenvalue weighted by Crippen LogP contribution is -2.18. The second kappa shape index (κ2) is 19.3. The molecule has 4 nitrogen and oxygen atoms in total. The van der Waals surface area contributed by atoms with Crippen LogP contribution in [0.1, 0.15) is 77.6 Å². The van der Waals surface area contributed by atoms with Crippen LogP contribution in [-0.4, -0.2) is 19.6 Å². The van der Waals surface area contributed by atoms with E-state index < -0.39 is 0 Å². The van der Waals surface area contributed by atoms with Crippen LogP contribution in [0.15, 0.2) is 231 Å². The van der Waals surface area contributed by atoms with Crippen LogP contribution in [0.25, 0.3) is 95.0 Å².